The van der Waals surface area contributed by atoms with E-state index in [-0.39, 0.29) is 16.7 Å². The van der Waals surface area contributed by atoms with Gasteiger partial charge in [-0.15, -0.1) is 10.2 Å². The summed E-state index contributed by atoms with van der Waals surface area (Å²) >= 11 is 1.45. The monoisotopic (exact) mass is 360 g/mol. The fraction of sp³-hybridized carbons (Fsp3) is 0.526. The number of hydrogen-bond acceptors (Lipinski definition) is 4. The van der Waals surface area contributed by atoms with E-state index < -0.39 is 0 Å². The number of carbonyl (C=O) groups excluding carboxylic acids is 1. The van der Waals surface area contributed by atoms with Gasteiger partial charge in [-0.3, -0.25) is 4.79 Å². The number of nitrogens with one attached hydrogen (secondary N) is 1. The third kappa shape index (κ3) is 4.84. The fourth-order valence-electron chi connectivity index (χ4n) is 2.39. The van der Waals surface area contributed by atoms with Crippen LogP contribution in [-0.2, 0) is 11.3 Å². The number of thioether (sulfide) groups is 1. The van der Waals surface area contributed by atoms with E-state index in [2.05, 4.69) is 53.0 Å². The maximum atomic E-state index is 12.5. The molecule has 0 aliphatic carbocycles. The lowest BCUT2D eigenvalue weighted by Gasteiger charge is -2.26. The molecule has 0 saturated carbocycles. The number of carbonyl (C=O) groups is 1. The lowest BCUT2D eigenvalue weighted by molar-refractivity contribution is -0.121. The Bertz CT molecular complexity index is 739. The lowest BCUT2D eigenvalue weighted by Crippen LogP contribution is -2.46. The predicted octanol–water partition coefficient (Wildman–Crippen LogP) is 4.06. The Kier molecular flexibility index (Phi) is 6.27. The third-order valence-corrected chi connectivity index (χ3v) is 5.39. The molecule has 136 valence electrons. The molecule has 6 heteroatoms. The summed E-state index contributed by atoms with van der Waals surface area (Å²) < 4.78 is 2.06. The van der Waals surface area contributed by atoms with Crippen LogP contribution in [0.5, 0.6) is 0 Å². The highest BCUT2D eigenvalue weighted by Gasteiger charge is 2.24. The van der Waals surface area contributed by atoms with Crippen molar-refractivity contribution in [2.24, 2.45) is 0 Å². The Hall–Kier alpha value is -1.82. The minimum absolute atomic E-state index is 0.0274. The van der Waals surface area contributed by atoms with Crippen LogP contribution >= 0.6 is 11.8 Å². The van der Waals surface area contributed by atoms with Crippen LogP contribution in [0.2, 0.25) is 0 Å². The van der Waals surface area contributed by atoms with Gasteiger partial charge in [0, 0.05) is 17.6 Å². The summed E-state index contributed by atoms with van der Waals surface area (Å²) in [6.07, 6.45) is 0.888. The van der Waals surface area contributed by atoms with Gasteiger partial charge in [0.05, 0.1) is 5.25 Å². The molecule has 5 nitrogen and oxygen atoms in total. The molecule has 1 aromatic heterocycles. The standard InChI is InChI=1S/C19H28N4OS/c1-7-19(5,6)20-17(24)14(4)25-18-22-21-16(23(18)8-2)15-11-9-10-13(3)12-15/h9-12,14H,7-8H2,1-6H3,(H,20,24). The van der Waals surface area contributed by atoms with Crippen LogP contribution in [0.1, 0.15) is 46.6 Å². The summed E-state index contributed by atoms with van der Waals surface area (Å²) in [4.78, 5) is 12.5. The number of rotatable bonds is 7. The van der Waals surface area contributed by atoms with Gasteiger partial charge < -0.3 is 9.88 Å². The second-order valence-corrected chi connectivity index (χ2v) is 8.21. The Labute approximate surface area is 154 Å². The van der Waals surface area contributed by atoms with Crippen LogP contribution in [0.15, 0.2) is 29.4 Å². The van der Waals surface area contributed by atoms with Crippen molar-refractivity contribution in [1.82, 2.24) is 20.1 Å². The van der Waals surface area contributed by atoms with Crippen molar-refractivity contribution in [3.05, 3.63) is 29.8 Å². The highest BCUT2D eigenvalue weighted by Crippen LogP contribution is 2.27. The molecule has 0 aliphatic rings. The van der Waals surface area contributed by atoms with Gasteiger partial charge >= 0.3 is 0 Å². The van der Waals surface area contributed by atoms with Gasteiger partial charge in [0.2, 0.25) is 5.91 Å². The van der Waals surface area contributed by atoms with E-state index in [1.165, 1.54) is 17.3 Å². The van der Waals surface area contributed by atoms with Crippen molar-refractivity contribution in [3.63, 3.8) is 0 Å². The zero-order valence-corrected chi connectivity index (χ0v) is 16.8. The first-order chi connectivity index (χ1) is 11.8. The predicted molar refractivity (Wildman–Crippen MR) is 104 cm³/mol. The quantitative estimate of drug-likeness (QED) is 0.757. The Morgan fingerprint density at radius 1 is 1.32 bits per heavy atom. The zero-order chi connectivity index (χ0) is 18.6. The molecule has 0 fully saturated rings. The molecule has 2 rings (SSSR count). The van der Waals surface area contributed by atoms with Crippen molar-refractivity contribution in [2.75, 3.05) is 0 Å². The van der Waals surface area contributed by atoms with E-state index in [1.807, 2.05) is 32.9 Å². The Morgan fingerprint density at radius 2 is 2.04 bits per heavy atom. The minimum atomic E-state index is -0.231. The van der Waals surface area contributed by atoms with E-state index in [0.717, 1.165) is 29.5 Å². The molecule has 0 radical (unpaired) electrons. The highest BCUT2D eigenvalue weighted by molar-refractivity contribution is 8.00. The summed E-state index contributed by atoms with van der Waals surface area (Å²) in [5.74, 6) is 0.870. The van der Waals surface area contributed by atoms with E-state index in [9.17, 15) is 4.79 Å². The molecule has 1 heterocycles. The molecular weight excluding hydrogens is 332 g/mol. The number of nitrogens with zero attached hydrogens (tertiary/aromatic N) is 3. The van der Waals surface area contributed by atoms with E-state index in [4.69, 9.17) is 0 Å². The lowest BCUT2D eigenvalue weighted by atomic mass is 10.0. The number of hydrogen-bond donors (Lipinski definition) is 1. The molecule has 0 saturated heterocycles. The molecule has 0 aliphatic heterocycles. The molecule has 1 atom stereocenters. The van der Waals surface area contributed by atoms with E-state index >= 15 is 0 Å². The number of aromatic nitrogens is 3. The smallest absolute Gasteiger partial charge is 0.233 e. The molecule has 2 aromatic rings. The van der Waals surface area contributed by atoms with Gasteiger partial charge in [-0.25, -0.2) is 0 Å². The largest absolute Gasteiger partial charge is 0.350 e. The fourth-order valence-corrected chi connectivity index (χ4v) is 3.31. The maximum absolute atomic E-state index is 12.5. The second-order valence-electron chi connectivity index (χ2n) is 6.91. The van der Waals surface area contributed by atoms with Crippen LogP contribution in [0.25, 0.3) is 11.4 Å². The molecule has 0 bridgehead atoms. The average molecular weight is 361 g/mol. The minimum Gasteiger partial charge on any atom is -0.350 e. The van der Waals surface area contributed by atoms with Crippen molar-refractivity contribution in [1.29, 1.82) is 0 Å². The zero-order valence-electron chi connectivity index (χ0n) is 16.0. The second kappa shape index (κ2) is 8.04. The number of aryl methyl sites for hydroxylation is 1. The summed E-state index contributed by atoms with van der Waals surface area (Å²) in [7, 11) is 0. The van der Waals surface area contributed by atoms with Crippen LogP contribution < -0.4 is 5.32 Å². The molecule has 1 unspecified atom stereocenters. The van der Waals surface area contributed by atoms with Crippen molar-refractivity contribution < 1.29 is 4.79 Å². The molecule has 0 spiro atoms. The van der Waals surface area contributed by atoms with Gasteiger partial charge in [0.25, 0.3) is 0 Å². The summed E-state index contributed by atoms with van der Waals surface area (Å²) in [6.45, 7) is 12.9. The molecule has 1 N–H and O–H groups in total. The Morgan fingerprint density at radius 3 is 2.64 bits per heavy atom. The molecule has 1 amide bonds. The Balaban J connectivity index is 2.19. The SMILES string of the molecule is CCn1c(SC(C)C(=O)NC(C)(C)CC)nnc1-c1cccc(C)c1. The topological polar surface area (TPSA) is 59.8 Å². The number of amides is 1. The normalized spacial score (nSPS) is 12.9. The summed E-state index contributed by atoms with van der Waals surface area (Å²) in [5.41, 5.74) is 2.04. The van der Waals surface area contributed by atoms with Crippen LogP contribution in [-0.4, -0.2) is 31.5 Å². The maximum Gasteiger partial charge on any atom is 0.233 e. The van der Waals surface area contributed by atoms with Gasteiger partial charge in [0.1, 0.15) is 0 Å². The first-order valence-electron chi connectivity index (χ1n) is 8.76. The van der Waals surface area contributed by atoms with Crippen LogP contribution in [0.4, 0.5) is 0 Å². The summed E-state index contributed by atoms with van der Waals surface area (Å²) in [5, 5.41) is 12.3. The van der Waals surface area contributed by atoms with Crippen LogP contribution in [0, 0.1) is 6.92 Å². The molecule has 1 aromatic carbocycles. The average Bonchev–Trinajstić information content (AvgIpc) is 2.97. The first kappa shape index (κ1) is 19.5. The highest BCUT2D eigenvalue weighted by atomic mass is 32.2. The van der Waals surface area contributed by atoms with Gasteiger partial charge in [0.15, 0.2) is 11.0 Å². The third-order valence-electron chi connectivity index (χ3n) is 4.31. The summed E-state index contributed by atoms with van der Waals surface area (Å²) in [6, 6.07) is 8.23. The molecular formula is C19H28N4OS. The van der Waals surface area contributed by atoms with E-state index in [0.29, 0.717) is 0 Å². The van der Waals surface area contributed by atoms with Crippen molar-refractivity contribution >= 4 is 17.7 Å². The van der Waals surface area contributed by atoms with Crippen molar-refractivity contribution in [2.45, 2.75) is 70.5 Å². The van der Waals surface area contributed by atoms with Gasteiger partial charge in [-0.2, -0.15) is 0 Å². The first-order valence-corrected chi connectivity index (χ1v) is 9.64. The van der Waals surface area contributed by atoms with E-state index in [1.54, 1.807) is 0 Å². The number of benzene rings is 1. The molecule has 25 heavy (non-hydrogen) atoms. The van der Waals surface area contributed by atoms with Crippen LogP contribution in [0.3, 0.4) is 0 Å². The van der Waals surface area contributed by atoms with Crippen molar-refractivity contribution in [3.8, 4) is 11.4 Å². The van der Waals surface area contributed by atoms with Gasteiger partial charge in [-0.1, -0.05) is 42.4 Å². The van der Waals surface area contributed by atoms with Gasteiger partial charge in [-0.05, 0) is 47.1 Å².